The van der Waals surface area contributed by atoms with Crippen LogP contribution in [0.25, 0.3) is 10.8 Å². The molecule has 2 atom stereocenters. The molecule has 0 radical (unpaired) electrons. The smallest absolute Gasteiger partial charge is 0.305 e. The lowest BCUT2D eigenvalue weighted by Crippen LogP contribution is -2.59. The van der Waals surface area contributed by atoms with Gasteiger partial charge in [-0.15, -0.1) is 0 Å². The van der Waals surface area contributed by atoms with Crippen molar-refractivity contribution in [1.29, 1.82) is 0 Å². The summed E-state index contributed by atoms with van der Waals surface area (Å²) in [5, 5.41) is 24.3. The van der Waals surface area contributed by atoms with E-state index in [9.17, 15) is 19.2 Å². The summed E-state index contributed by atoms with van der Waals surface area (Å²) in [5.74, 6) is -1.40. The van der Waals surface area contributed by atoms with E-state index in [0.717, 1.165) is 23.6 Å². The topological polar surface area (TPSA) is 175 Å². The fourth-order valence-corrected chi connectivity index (χ4v) is 4.59. The Bertz CT molecular complexity index is 1190. The van der Waals surface area contributed by atoms with E-state index in [2.05, 4.69) is 16.7 Å². The van der Waals surface area contributed by atoms with Gasteiger partial charge < -0.3 is 26.0 Å². The van der Waals surface area contributed by atoms with Crippen molar-refractivity contribution < 1.29 is 34.1 Å². The van der Waals surface area contributed by atoms with Gasteiger partial charge in [0.25, 0.3) is 5.91 Å². The molecule has 4 rings (SSSR count). The minimum Gasteiger partial charge on any atom is -0.481 e. The van der Waals surface area contributed by atoms with Crippen LogP contribution in [0.1, 0.15) is 69.8 Å². The van der Waals surface area contributed by atoms with Gasteiger partial charge in [0.15, 0.2) is 0 Å². The Hall–Kier alpha value is -4.21. The zero-order valence-corrected chi connectivity index (χ0v) is 24.6. The Morgan fingerprint density at radius 3 is 2.50 bits per heavy atom. The number of aliphatic carboxylic acids is 1. The number of nitrogens with one attached hydrogen (secondary N) is 1. The molecule has 0 saturated carbocycles. The zero-order valence-electron chi connectivity index (χ0n) is 24.6. The first kappa shape index (κ1) is 35.8. The number of nitrogens with zero attached hydrogens (tertiary/aromatic N) is 3. The van der Waals surface area contributed by atoms with E-state index in [1.807, 2.05) is 51.1 Å². The van der Waals surface area contributed by atoms with Crippen molar-refractivity contribution in [2.24, 2.45) is 5.73 Å². The number of hydrogen-bond acceptors (Lipinski definition) is 8. The number of aromatic nitrogens is 1. The Balaban J connectivity index is 0.000000409. The molecular weight excluding hydrogens is 542 g/mol. The van der Waals surface area contributed by atoms with Gasteiger partial charge in [-0.3, -0.25) is 29.2 Å². The van der Waals surface area contributed by atoms with Gasteiger partial charge in [0, 0.05) is 50.2 Å². The molecule has 5 N–H and O–H groups in total. The Labute approximate surface area is 247 Å². The number of carboxylic acid groups (broad SMARTS) is 1. The highest BCUT2D eigenvalue weighted by Gasteiger charge is 2.37. The maximum Gasteiger partial charge on any atom is 0.305 e. The second-order valence-electron chi connectivity index (χ2n) is 9.14. The van der Waals surface area contributed by atoms with Crippen LogP contribution in [0.2, 0.25) is 0 Å². The number of amides is 3. The number of fused-ring (bicyclic) bond motifs is 2. The van der Waals surface area contributed by atoms with Crippen molar-refractivity contribution in [3.8, 4) is 12.5 Å². The standard InChI is InChI=1S/C16H27N3O5.C10H8N2O.C2H2O.C2H6/c1-2-24-11-12(9-16(22)23)17-10-13-5-4-8-18-14(20)6-3-7-15(21)19(13)18;11-10(13)9-8-4-2-1-3-7(8)5-6-12-9;1-2-3;1-2/h12-13,17H,2-11H2,1H3,(H,22,23);1-6H,(H2,11,13);1,3H;1-2H3/t12-,13-;;;/m0.../s1. The molecular formula is C30H43N5O7. The third-order valence-corrected chi connectivity index (χ3v) is 6.33. The van der Waals surface area contributed by atoms with Gasteiger partial charge in [-0.25, -0.2) is 5.01 Å². The average Bonchev–Trinajstić information content (AvgIpc) is 3.13. The molecule has 3 amide bonds. The summed E-state index contributed by atoms with van der Waals surface area (Å²) in [4.78, 5) is 50.4. The van der Waals surface area contributed by atoms with Crippen LogP contribution in [0.4, 0.5) is 0 Å². The molecule has 12 nitrogen and oxygen atoms in total. The van der Waals surface area contributed by atoms with Crippen molar-refractivity contribution in [3.05, 3.63) is 42.2 Å². The van der Waals surface area contributed by atoms with Crippen LogP contribution in [0.3, 0.4) is 0 Å². The highest BCUT2D eigenvalue weighted by molar-refractivity contribution is 6.04. The van der Waals surface area contributed by atoms with Crippen LogP contribution >= 0.6 is 0 Å². The number of aliphatic hydroxyl groups excluding tert-OH is 1. The van der Waals surface area contributed by atoms with Gasteiger partial charge >= 0.3 is 5.97 Å². The van der Waals surface area contributed by atoms with Crippen molar-refractivity contribution in [1.82, 2.24) is 20.3 Å². The molecule has 12 heteroatoms. The number of carbonyl (C=O) groups is 4. The molecule has 0 aliphatic carbocycles. The van der Waals surface area contributed by atoms with E-state index in [1.165, 1.54) is 6.11 Å². The van der Waals surface area contributed by atoms with Gasteiger partial charge in [0.05, 0.1) is 19.1 Å². The molecule has 2 aliphatic rings. The predicted molar refractivity (Wildman–Crippen MR) is 158 cm³/mol. The predicted octanol–water partition coefficient (Wildman–Crippen LogP) is 2.68. The molecule has 0 unspecified atom stereocenters. The van der Waals surface area contributed by atoms with Crippen molar-refractivity contribution >= 4 is 34.5 Å². The van der Waals surface area contributed by atoms with Crippen molar-refractivity contribution in [3.63, 3.8) is 0 Å². The number of benzene rings is 1. The lowest BCUT2D eigenvalue weighted by atomic mass is 10.1. The zero-order chi connectivity index (χ0) is 31.5. The van der Waals surface area contributed by atoms with E-state index >= 15 is 0 Å². The summed E-state index contributed by atoms with van der Waals surface area (Å²) < 4.78 is 5.33. The molecule has 0 bridgehead atoms. The van der Waals surface area contributed by atoms with Gasteiger partial charge in [0.1, 0.15) is 11.8 Å². The molecule has 3 heterocycles. The third kappa shape index (κ3) is 11.3. The van der Waals surface area contributed by atoms with E-state index in [1.54, 1.807) is 16.2 Å². The highest BCUT2D eigenvalue weighted by atomic mass is 16.5. The van der Waals surface area contributed by atoms with Crippen molar-refractivity contribution in [2.45, 2.75) is 71.4 Å². The summed E-state index contributed by atoms with van der Waals surface area (Å²) in [6.45, 7) is 7.73. The molecule has 1 aromatic carbocycles. The number of hydrazine groups is 1. The lowest BCUT2D eigenvalue weighted by molar-refractivity contribution is -0.171. The quantitative estimate of drug-likeness (QED) is 0.322. The number of terminal acetylenes is 1. The van der Waals surface area contributed by atoms with Crippen LogP contribution in [0.15, 0.2) is 36.5 Å². The van der Waals surface area contributed by atoms with Gasteiger partial charge in [-0.2, -0.15) is 0 Å². The summed E-state index contributed by atoms with van der Waals surface area (Å²) in [6.07, 6.45) is 9.99. The average molecular weight is 586 g/mol. The van der Waals surface area contributed by atoms with Crippen LogP contribution in [-0.2, 0) is 19.1 Å². The van der Waals surface area contributed by atoms with Crippen LogP contribution < -0.4 is 11.1 Å². The van der Waals surface area contributed by atoms with Crippen LogP contribution in [0, 0.1) is 12.5 Å². The Kier molecular flexibility index (Phi) is 16.9. The summed E-state index contributed by atoms with van der Waals surface area (Å²) in [7, 11) is 0. The second-order valence-corrected chi connectivity index (χ2v) is 9.14. The SMILES string of the molecule is C#CO.CC.CCOC[C@H](CC(=O)O)NC[C@@H]1CCCN2C(=O)CCCC(=O)N12.NC(=O)c1nccc2ccccc12. The highest BCUT2D eigenvalue weighted by Crippen LogP contribution is 2.24. The fourth-order valence-electron chi connectivity index (χ4n) is 4.59. The van der Waals surface area contributed by atoms with Gasteiger partial charge in [-0.1, -0.05) is 44.5 Å². The molecule has 2 fully saturated rings. The maximum atomic E-state index is 12.4. The monoisotopic (exact) mass is 585 g/mol. The second kappa shape index (κ2) is 19.8. The molecule has 230 valence electrons. The summed E-state index contributed by atoms with van der Waals surface area (Å²) in [5.41, 5.74) is 5.51. The van der Waals surface area contributed by atoms with Gasteiger partial charge in [0.2, 0.25) is 11.8 Å². The third-order valence-electron chi connectivity index (χ3n) is 6.33. The molecule has 2 saturated heterocycles. The van der Waals surface area contributed by atoms with Crippen molar-refractivity contribution in [2.75, 3.05) is 26.3 Å². The number of carboxylic acids is 1. The minimum atomic E-state index is -0.890. The van der Waals surface area contributed by atoms with E-state index in [-0.39, 0.29) is 30.3 Å². The molecule has 2 aliphatic heterocycles. The number of ether oxygens (including phenoxy) is 1. The van der Waals surface area contributed by atoms with E-state index in [0.29, 0.717) is 51.3 Å². The van der Waals surface area contributed by atoms with E-state index in [4.69, 9.17) is 20.7 Å². The number of primary amides is 1. The molecule has 2 aromatic rings. The Morgan fingerprint density at radius 1 is 1.19 bits per heavy atom. The number of nitrogens with two attached hydrogens (primary N) is 1. The molecule has 1 aromatic heterocycles. The van der Waals surface area contributed by atoms with Crippen LogP contribution in [0.5, 0.6) is 0 Å². The largest absolute Gasteiger partial charge is 0.481 e. The number of hydrogen-bond donors (Lipinski definition) is 4. The molecule has 42 heavy (non-hydrogen) atoms. The molecule has 0 spiro atoms. The summed E-state index contributed by atoms with van der Waals surface area (Å²) >= 11 is 0. The van der Waals surface area contributed by atoms with E-state index < -0.39 is 11.9 Å². The van der Waals surface area contributed by atoms with Crippen LogP contribution in [-0.4, -0.2) is 87.3 Å². The maximum absolute atomic E-state index is 12.4. The fraction of sp³-hybridized carbons (Fsp3) is 0.500. The first-order valence-corrected chi connectivity index (χ1v) is 14.1. The lowest BCUT2D eigenvalue weighted by Gasteiger charge is -2.43. The number of rotatable bonds is 9. The number of aliphatic hydroxyl groups is 1. The number of pyridine rings is 1. The normalized spacial score (nSPS) is 16.6. The van der Waals surface area contributed by atoms with Gasteiger partial charge in [-0.05, 0) is 37.6 Å². The first-order chi connectivity index (χ1) is 20.2. The minimum absolute atomic E-state index is 0.00181. The first-order valence-electron chi connectivity index (χ1n) is 14.1. The summed E-state index contributed by atoms with van der Waals surface area (Å²) in [6, 6.07) is 8.94. The number of carbonyl (C=O) groups excluding carboxylic acids is 3. The Morgan fingerprint density at radius 2 is 1.86 bits per heavy atom.